The lowest BCUT2D eigenvalue weighted by Crippen LogP contribution is -2.06. The normalized spacial score (nSPS) is 10.8. The molecule has 0 amide bonds. The molecule has 1 aromatic heterocycles. The van der Waals surface area contributed by atoms with Crippen molar-refractivity contribution in [1.82, 2.24) is 0 Å². The van der Waals surface area contributed by atoms with Crippen LogP contribution in [0, 0.1) is 0 Å². The van der Waals surface area contributed by atoms with Crippen LogP contribution in [0.2, 0.25) is 0 Å². The summed E-state index contributed by atoms with van der Waals surface area (Å²) in [6.45, 7) is 4.71. The maximum atomic E-state index is 12.6. The fourth-order valence-electron chi connectivity index (χ4n) is 2.49. The lowest BCUT2D eigenvalue weighted by molar-refractivity contribution is 0.317. The van der Waals surface area contributed by atoms with Gasteiger partial charge in [0.2, 0.25) is 11.2 Å². The van der Waals surface area contributed by atoms with Gasteiger partial charge in [-0.2, -0.15) is 0 Å². The summed E-state index contributed by atoms with van der Waals surface area (Å²) in [5.74, 6) is 1.55. The summed E-state index contributed by atoms with van der Waals surface area (Å²) in [6, 6.07) is 12.9. The van der Waals surface area contributed by atoms with Crippen LogP contribution in [0.25, 0.3) is 11.0 Å². The van der Waals surface area contributed by atoms with E-state index < -0.39 is 0 Å². The first-order valence-electron chi connectivity index (χ1n) is 8.17. The van der Waals surface area contributed by atoms with E-state index in [2.05, 4.69) is 0 Å². The second kappa shape index (κ2) is 7.21. The molecule has 0 N–H and O–H groups in total. The van der Waals surface area contributed by atoms with Gasteiger partial charge in [-0.25, -0.2) is 0 Å². The molecule has 4 heteroatoms. The predicted octanol–water partition coefficient (Wildman–Crippen LogP) is 4.94. The summed E-state index contributed by atoms with van der Waals surface area (Å²) in [5, 5.41) is 0.477. The first-order valence-corrected chi connectivity index (χ1v) is 8.17. The van der Waals surface area contributed by atoms with Gasteiger partial charge in [-0.1, -0.05) is 32.0 Å². The minimum Gasteiger partial charge on any atom is -0.493 e. The summed E-state index contributed by atoms with van der Waals surface area (Å²) in [6.07, 6.45) is 3.11. The smallest absolute Gasteiger partial charge is 0.235 e. The summed E-state index contributed by atoms with van der Waals surface area (Å²) < 4.78 is 16.9. The average Bonchev–Trinajstić information content (AvgIpc) is 2.62. The maximum absolute atomic E-state index is 12.6. The summed E-state index contributed by atoms with van der Waals surface area (Å²) in [4.78, 5) is 12.6. The van der Waals surface area contributed by atoms with E-state index in [1.807, 2.05) is 38.1 Å². The molecule has 0 atom stereocenters. The van der Waals surface area contributed by atoms with Crippen LogP contribution >= 0.6 is 0 Å². The zero-order chi connectivity index (χ0) is 16.9. The molecule has 2 aromatic carbocycles. The van der Waals surface area contributed by atoms with E-state index in [4.69, 9.17) is 13.9 Å². The number of aryl methyl sites for hydroxylation is 1. The van der Waals surface area contributed by atoms with E-state index in [1.54, 1.807) is 18.2 Å². The van der Waals surface area contributed by atoms with Crippen molar-refractivity contribution in [2.24, 2.45) is 0 Å². The van der Waals surface area contributed by atoms with Gasteiger partial charge in [-0.15, -0.1) is 0 Å². The Balaban J connectivity index is 1.95. The third kappa shape index (κ3) is 3.27. The highest BCUT2D eigenvalue weighted by molar-refractivity contribution is 5.79. The van der Waals surface area contributed by atoms with Gasteiger partial charge >= 0.3 is 0 Å². The van der Waals surface area contributed by atoms with Crippen molar-refractivity contribution in [3.8, 4) is 17.2 Å². The molecule has 3 rings (SSSR count). The second-order valence-electron chi connectivity index (χ2n) is 5.50. The van der Waals surface area contributed by atoms with Crippen LogP contribution in [-0.2, 0) is 6.42 Å². The number of ether oxygens (including phenoxy) is 2. The Morgan fingerprint density at radius 1 is 1.04 bits per heavy atom. The minimum absolute atomic E-state index is 0.186. The topological polar surface area (TPSA) is 48.7 Å². The van der Waals surface area contributed by atoms with Gasteiger partial charge in [0.1, 0.15) is 23.3 Å². The van der Waals surface area contributed by atoms with Gasteiger partial charge in [0.05, 0.1) is 12.0 Å². The van der Waals surface area contributed by atoms with Gasteiger partial charge in [0.15, 0.2) is 0 Å². The molecule has 124 valence electrons. The molecule has 0 aliphatic rings. The number of benzene rings is 2. The SMILES string of the molecule is CCCOc1ccc2c(=O)c(Oc3ccccc3CC)coc2c1. The quantitative estimate of drug-likeness (QED) is 0.644. The molecule has 0 unspecified atom stereocenters. The van der Waals surface area contributed by atoms with Crippen LogP contribution < -0.4 is 14.9 Å². The Kier molecular flexibility index (Phi) is 4.85. The molecule has 1 heterocycles. The zero-order valence-electron chi connectivity index (χ0n) is 13.9. The van der Waals surface area contributed by atoms with Crippen molar-refractivity contribution in [3.63, 3.8) is 0 Å². The number of rotatable bonds is 6. The number of para-hydroxylation sites is 1. The van der Waals surface area contributed by atoms with Crippen LogP contribution in [0.4, 0.5) is 0 Å². The van der Waals surface area contributed by atoms with Crippen molar-refractivity contribution in [2.45, 2.75) is 26.7 Å². The van der Waals surface area contributed by atoms with Crippen LogP contribution in [0.1, 0.15) is 25.8 Å². The maximum Gasteiger partial charge on any atom is 0.235 e. The number of hydrogen-bond donors (Lipinski definition) is 0. The fourth-order valence-corrected chi connectivity index (χ4v) is 2.49. The molecule has 0 saturated carbocycles. The molecule has 0 saturated heterocycles. The zero-order valence-corrected chi connectivity index (χ0v) is 13.9. The van der Waals surface area contributed by atoms with Crippen LogP contribution in [0.3, 0.4) is 0 Å². The predicted molar refractivity (Wildman–Crippen MR) is 94.2 cm³/mol. The van der Waals surface area contributed by atoms with E-state index >= 15 is 0 Å². The molecule has 0 bridgehead atoms. The first kappa shape index (κ1) is 16.1. The first-order chi connectivity index (χ1) is 11.7. The van der Waals surface area contributed by atoms with Crippen molar-refractivity contribution in [3.05, 3.63) is 64.5 Å². The van der Waals surface area contributed by atoms with Gasteiger partial charge in [-0.05, 0) is 36.6 Å². The van der Waals surface area contributed by atoms with E-state index in [0.717, 1.165) is 18.4 Å². The monoisotopic (exact) mass is 324 g/mol. The standard InChI is InChI=1S/C20H20O4/c1-3-11-22-15-9-10-16-18(12-15)23-13-19(20(16)21)24-17-8-6-5-7-14(17)4-2/h5-10,12-13H,3-4,11H2,1-2H3. The molecule has 3 aromatic rings. The minimum atomic E-state index is -0.191. The molecular weight excluding hydrogens is 304 g/mol. The van der Waals surface area contributed by atoms with Gasteiger partial charge in [0.25, 0.3) is 0 Å². The Hall–Kier alpha value is -2.75. The molecule has 0 spiro atoms. The van der Waals surface area contributed by atoms with Crippen LogP contribution in [-0.4, -0.2) is 6.61 Å². The second-order valence-corrected chi connectivity index (χ2v) is 5.50. The van der Waals surface area contributed by atoms with Crippen LogP contribution in [0.15, 0.2) is 57.9 Å². The van der Waals surface area contributed by atoms with Crippen molar-refractivity contribution in [1.29, 1.82) is 0 Å². The summed E-state index contributed by atoms with van der Waals surface area (Å²) >= 11 is 0. The average molecular weight is 324 g/mol. The Morgan fingerprint density at radius 3 is 2.67 bits per heavy atom. The van der Waals surface area contributed by atoms with Crippen molar-refractivity contribution < 1.29 is 13.9 Å². The van der Waals surface area contributed by atoms with Gasteiger partial charge in [0, 0.05) is 6.07 Å². The van der Waals surface area contributed by atoms with E-state index in [1.165, 1.54) is 6.26 Å². The lowest BCUT2D eigenvalue weighted by Gasteiger charge is -2.10. The molecule has 0 radical (unpaired) electrons. The van der Waals surface area contributed by atoms with E-state index in [9.17, 15) is 4.79 Å². The molecule has 0 aliphatic carbocycles. The Morgan fingerprint density at radius 2 is 1.88 bits per heavy atom. The molecule has 24 heavy (non-hydrogen) atoms. The number of fused-ring (bicyclic) bond motifs is 1. The summed E-state index contributed by atoms with van der Waals surface area (Å²) in [7, 11) is 0. The molecular formula is C20H20O4. The molecule has 0 aliphatic heterocycles. The molecule has 4 nitrogen and oxygen atoms in total. The Bertz CT molecular complexity index is 896. The largest absolute Gasteiger partial charge is 0.493 e. The van der Waals surface area contributed by atoms with Crippen molar-refractivity contribution in [2.75, 3.05) is 6.61 Å². The fraction of sp³-hybridized carbons (Fsp3) is 0.250. The third-order valence-electron chi connectivity index (χ3n) is 3.76. The van der Waals surface area contributed by atoms with Crippen LogP contribution in [0.5, 0.6) is 17.2 Å². The van der Waals surface area contributed by atoms with Crippen molar-refractivity contribution >= 4 is 11.0 Å². The highest BCUT2D eigenvalue weighted by Gasteiger charge is 2.11. The Labute approximate surface area is 140 Å². The highest BCUT2D eigenvalue weighted by Crippen LogP contribution is 2.26. The number of hydrogen-bond acceptors (Lipinski definition) is 4. The summed E-state index contributed by atoms with van der Waals surface area (Å²) in [5.41, 5.74) is 1.34. The third-order valence-corrected chi connectivity index (χ3v) is 3.76. The van der Waals surface area contributed by atoms with Gasteiger partial charge < -0.3 is 13.9 Å². The lowest BCUT2D eigenvalue weighted by atomic mass is 10.1. The highest BCUT2D eigenvalue weighted by atomic mass is 16.5. The van der Waals surface area contributed by atoms with Gasteiger partial charge in [-0.3, -0.25) is 4.79 Å². The van der Waals surface area contributed by atoms with E-state index in [0.29, 0.717) is 29.1 Å². The van der Waals surface area contributed by atoms with E-state index in [-0.39, 0.29) is 11.2 Å². The molecule has 0 fully saturated rings.